The first-order chi connectivity index (χ1) is 8.29. The number of nitrogens with one attached hydrogen (secondary N) is 1. The maximum atomic E-state index is 12.1. The van der Waals surface area contributed by atoms with E-state index in [1.165, 1.54) is 6.42 Å². The molecule has 17 heavy (non-hydrogen) atoms. The molecule has 0 spiro atoms. The Hall–Kier alpha value is -0.610. The van der Waals surface area contributed by atoms with E-state index in [-0.39, 0.29) is 0 Å². The molecule has 1 heterocycles. The standard InChI is InChI=1S/C13H26N2O2/c1-14-9-8-12-6-3-4-10-15(12)13(16)7-5-11-17-2/h12,14H,3-11H2,1-2H3. The average Bonchev–Trinajstić information content (AvgIpc) is 2.37. The second-order valence-electron chi connectivity index (χ2n) is 4.73. The van der Waals surface area contributed by atoms with E-state index in [2.05, 4.69) is 10.2 Å². The first-order valence-corrected chi connectivity index (χ1v) is 6.72. The minimum absolute atomic E-state index is 0.308. The molecule has 0 radical (unpaired) electrons. The molecule has 1 rings (SSSR count). The maximum Gasteiger partial charge on any atom is 0.222 e. The lowest BCUT2D eigenvalue weighted by Crippen LogP contribution is -2.44. The Morgan fingerprint density at radius 2 is 2.29 bits per heavy atom. The third-order valence-corrected chi connectivity index (χ3v) is 3.41. The summed E-state index contributed by atoms with van der Waals surface area (Å²) < 4.78 is 4.99. The second kappa shape index (κ2) is 8.48. The van der Waals surface area contributed by atoms with Gasteiger partial charge >= 0.3 is 0 Å². The SMILES string of the molecule is CNCCC1CCCCN1C(=O)CCCOC. The topological polar surface area (TPSA) is 41.6 Å². The Bertz CT molecular complexity index is 221. The monoisotopic (exact) mass is 242 g/mol. The van der Waals surface area contributed by atoms with Crippen molar-refractivity contribution in [3.05, 3.63) is 0 Å². The van der Waals surface area contributed by atoms with Crippen molar-refractivity contribution in [2.75, 3.05) is 33.9 Å². The molecule has 1 N–H and O–H groups in total. The minimum atomic E-state index is 0.308. The van der Waals surface area contributed by atoms with Crippen LogP contribution in [-0.4, -0.2) is 50.7 Å². The summed E-state index contributed by atoms with van der Waals surface area (Å²) in [7, 11) is 3.65. The van der Waals surface area contributed by atoms with Crippen LogP contribution in [0.5, 0.6) is 0 Å². The molecular weight excluding hydrogens is 216 g/mol. The summed E-state index contributed by atoms with van der Waals surface area (Å²) in [5.41, 5.74) is 0. The van der Waals surface area contributed by atoms with Gasteiger partial charge in [0, 0.05) is 32.7 Å². The molecule has 1 saturated heterocycles. The van der Waals surface area contributed by atoms with Gasteiger partial charge in [0.1, 0.15) is 0 Å². The van der Waals surface area contributed by atoms with Crippen LogP contribution in [0.2, 0.25) is 0 Å². The highest BCUT2D eigenvalue weighted by Gasteiger charge is 2.25. The van der Waals surface area contributed by atoms with Gasteiger partial charge in [-0.1, -0.05) is 0 Å². The molecule has 1 fully saturated rings. The third kappa shape index (κ3) is 5.04. The molecule has 0 aromatic carbocycles. The van der Waals surface area contributed by atoms with Crippen LogP contribution >= 0.6 is 0 Å². The van der Waals surface area contributed by atoms with Gasteiger partial charge in [-0.2, -0.15) is 0 Å². The summed E-state index contributed by atoms with van der Waals surface area (Å²) in [6.45, 7) is 2.62. The molecule has 0 saturated carbocycles. The number of amides is 1. The largest absolute Gasteiger partial charge is 0.385 e. The molecule has 1 amide bonds. The van der Waals surface area contributed by atoms with Crippen LogP contribution in [0.25, 0.3) is 0 Å². The van der Waals surface area contributed by atoms with Crippen LogP contribution in [0.15, 0.2) is 0 Å². The maximum absolute atomic E-state index is 12.1. The normalized spacial score (nSPS) is 20.6. The van der Waals surface area contributed by atoms with E-state index in [4.69, 9.17) is 4.74 Å². The van der Waals surface area contributed by atoms with Crippen molar-refractivity contribution in [3.8, 4) is 0 Å². The van der Waals surface area contributed by atoms with Gasteiger partial charge in [-0.25, -0.2) is 0 Å². The number of nitrogens with zero attached hydrogens (tertiary/aromatic N) is 1. The number of rotatable bonds is 7. The lowest BCUT2D eigenvalue weighted by Gasteiger charge is -2.36. The Labute approximate surface area is 105 Å². The molecule has 4 heteroatoms. The highest BCUT2D eigenvalue weighted by molar-refractivity contribution is 5.76. The van der Waals surface area contributed by atoms with Gasteiger partial charge in [0.25, 0.3) is 0 Å². The zero-order valence-corrected chi connectivity index (χ0v) is 11.2. The van der Waals surface area contributed by atoms with E-state index in [1.54, 1.807) is 7.11 Å². The van der Waals surface area contributed by atoms with E-state index in [9.17, 15) is 4.79 Å². The molecule has 1 aliphatic rings. The number of ether oxygens (including phenoxy) is 1. The fourth-order valence-electron chi connectivity index (χ4n) is 2.45. The first kappa shape index (κ1) is 14.5. The van der Waals surface area contributed by atoms with E-state index in [1.807, 2.05) is 7.05 Å². The number of carbonyl (C=O) groups is 1. The van der Waals surface area contributed by atoms with Crippen LogP contribution in [0, 0.1) is 0 Å². The van der Waals surface area contributed by atoms with Crippen LogP contribution in [0.1, 0.15) is 38.5 Å². The van der Waals surface area contributed by atoms with E-state index in [0.717, 1.165) is 38.8 Å². The van der Waals surface area contributed by atoms with Crippen LogP contribution in [0.4, 0.5) is 0 Å². The number of hydrogen-bond acceptors (Lipinski definition) is 3. The summed E-state index contributed by atoms with van der Waals surface area (Å²) in [4.78, 5) is 14.2. The van der Waals surface area contributed by atoms with Crippen LogP contribution < -0.4 is 5.32 Å². The molecule has 1 atom stereocenters. The lowest BCUT2D eigenvalue weighted by molar-refractivity contribution is -0.135. The Kier molecular flexibility index (Phi) is 7.21. The Morgan fingerprint density at radius 1 is 1.47 bits per heavy atom. The molecule has 0 aromatic heterocycles. The van der Waals surface area contributed by atoms with Gasteiger partial charge in [0.15, 0.2) is 0 Å². The van der Waals surface area contributed by atoms with Gasteiger partial charge < -0.3 is 15.0 Å². The molecular formula is C13H26N2O2. The van der Waals surface area contributed by atoms with Gasteiger partial charge in [-0.05, 0) is 45.7 Å². The van der Waals surface area contributed by atoms with E-state index < -0.39 is 0 Å². The highest BCUT2D eigenvalue weighted by atomic mass is 16.5. The smallest absolute Gasteiger partial charge is 0.222 e. The van der Waals surface area contributed by atoms with E-state index >= 15 is 0 Å². The van der Waals surface area contributed by atoms with Crippen LogP contribution in [-0.2, 0) is 9.53 Å². The zero-order valence-electron chi connectivity index (χ0n) is 11.2. The van der Waals surface area contributed by atoms with Crippen molar-refractivity contribution < 1.29 is 9.53 Å². The molecule has 100 valence electrons. The number of hydrogen-bond donors (Lipinski definition) is 1. The minimum Gasteiger partial charge on any atom is -0.385 e. The van der Waals surface area contributed by atoms with Gasteiger partial charge in [0.05, 0.1) is 0 Å². The predicted octanol–water partition coefficient (Wildman–Crippen LogP) is 1.40. The van der Waals surface area contributed by atoms with Crippen molar-refractivity contribution in [1.82, 2.24) is 10.2 Å². The Morgan fingerprint density at radius 3 is 3.00 bits per heavy atom. The quantitative estimate of drug-likeness (QED) is 0.686. The number of carbonyl (C=O) groups excluding carboxylic acids is 1. The fraction of sp³-hybridized carbons (Fsp3) is 0.923. The molecule has 0 aromatic rings. The van der Waals surface area contributed by atoms with Crippen molar-refractivity contribution in [2.45, 2.75) is 44.6 Å². The molecule has 0 bridgehead atoms. The summed E-state index contributed by atoms with van der Waals surface area (Å²) in [5, 5.41) is 3.17. The fourth-order valence-corrected chi connectivity index (χ4v) is 2.45. The molecule has 0 aliphatic carbocycles. The predicted molar refractivity (Wildman–Crippen MR) is 69.0 cm³/mol. The van der Waals surface area contributed by atoms with Gasteiger partial charge in [0.2, 0.25) is 5.91 Å². The third-order valence-electron chi connectivity index (χ3n) is 3.41. The summed E-state index contributed by atoms with van der Waals surface area (Å²) in [6.07, 6.45) is 6.13. The van der Waals surface area contributed by atoms with Crippen molar-refractivity contribution in [3.63, 3.8) is 0 Å². The van der Waals surface area contributed by atoms with Crippen molar-refractivity contribution in [1.29, 1.82) is 0 Å². The summed E-state index contributed by atoms with van der Waals surface area (Å²) >= 11 is 0. The van der Waals surface area contributed by atoms with Crippen LogP contribution in [0.3, 0.4) is 0 Å². The summed E-state index contributed by atoms with van der Waals surface area (Å²) in [5.74, 6) is 0.308. The lowest BCUT2D eigenvalue weighted by atomic mass is 9.98. The van der Waals surface area contributed by atoms with Gasteiger partial charge in [-0.3, -0.25) is 4.79 Å². The van der Waals surface area contributed by atoms with Crippen molar-refractivity contribution in [2.24, 2.45) is 0 Å². The van der Waals surface area contributed by atoms with Crippen molar-refractivity contribution >= 4 is 5.91 Å². The summed E-state index contributed by atoms with van der Waals surface area (Å²) in [6, 6.07) is 0.450. The highest BCUT2D eigenvalue weighted by Crippen LogP contribution is 2.20. The van der Waals surface area contributed by atoms with E-state index in [0.29, 0.717) is 25.0 Å². The zero-order chi connectivity index (χ0) is 12.5. The number of methoxy groups -OCH3 is 1. The molecule has 4 nitrogen and oxygen atoms in total. The van der Waals surface area contributed by atoms with Gasteiger partial charge in [-0.15, -0.1) is 0 Å². The molecule has 1 aliphatic heterocycles. The molecule has 1 unspecified atom stereocenters. The average molecular weight is 242 g/mol. The Balaban J connectivity index is 2.37. The first-order valence-electron chi connectivity index (χ1n) is 6.72. The second-order valence-corrected chi connectivity index (χ2v) is 4.73. The number of piperidine rings is 1. The number of likely N-dealkylation sites (tertiary alicyclic amines) is 1.